The standard InChI is InChI=1S/C14H23ClN2O2/c1-8(15)10(18)16-12(19)17-11-13(2,3)9-5-6-14(11,4)7-9/h8-9,11H,5-7H2,1-4H3,(H2,16,17,18,19). The number of hydrogen-bond donors (Lipinski definition) is 2. The molecule has 0 aromatic rings. The van der Waals surface area contributed by atoms with Crippen LogP contribution >= 0.6 is 11.6 Å². The summed E-state index contributed by atoms with van der Waals surface area (Å²) in [6, 6.07) is -0.318. The Morgan fingerprint density at radius 3 is 2.42 bits per heavy atom. The number of imide groups is 1. The SMILES string of the molecule is CC(Cl)C(=O)NC(=O)NC1C2(C)CCC(C2)C1(C)C. The fraction of sp³-hybridized carbons (Fsp3) is 0.857. The second-order valence-electron chi connectivity index (χ2n) is 6.93. The Balaban J connectivity index is 2.03. The normalized spacial score (nSPS) is 36.9. The lowest BCUT2D eigenvalue weighted by Gasteiger charge is -2.42. The molecule has 3 amide bonds. The van der Waals surface area contributed by atoms with Gasteiger partial charge in [-0.2, -0.15) is 0 Å². The lowest BCUT2D eigenvalue weighted by atomic mass is 9.68. The maximum atomic E-state index is 11.9. The summed E-state index contributed by atoms with van der Waals surface area (Å²) in [4.78, 5) is 23.3. The van der Waals surface area contributed by atoms with Gasteiger partial charge >= 0.3 is 6.03 Å². The minimum absolute atomic E-state index is 0.0833. The average molecular weight is 287 g/mol. The van der Waals surface area contributed by atoms with Gasteiger partial charge in [0, 0.05) is 6.04 Å². The predicted octanol–water partition coefficient (Wildman–Crippen LogP) is 2.65. The zero-order chi connectivity index (χ0) is 14.4. The van der Waals surface area contributed by atoms with E-state index in [4.69, 9.17) is 11.6 Å². The van der Waals surface area contributed by atoms with Crippen molar-refractivity contribution in [3.63, 3.8) is 0 Å². The minimum atomic E-state index is -0.700. The molecule has 2 aliphatic carbocycles. The van der Waals surface area contributed by atoms with Gasteiger partial charge < -0.3 is 5.32 Å². The van der Waals surface area contributed by atoms with Crippen molar-refractivity contribution < 1.29 is 9.59 Å². The van der Waals surface area contributed by atoms with Gasteiger partial charge in [0.2, 0.25) is 5.91 Å². The van der Waals surface area contributed by atoms with Gasteiger partial charge in [-0.05, 0) is 42.9 Å². The molecule has 2 aliphatic rings. The van der Waals surface area contributed by atoms with Crippen molar-refractivity contribution in [1.82, 2.24) is 10.6 Å². The van der Waals surface area contributed by atoms with Crippen LogP contribution in [0.15, 0.2) is 0 Å². The predicted molar refractivity (Wildman–Crippen MR) is 75.0 cm³/mol. The molecular weight excluding hydrogens is 264 g/mol. The number of fused-ring (bicyclic) bond motifs is 2. The highest BCUT2D eigenvalue weighted by Crippen LogP contribution is 2.62. The maximum absolute atomic E-state index is 11.9. The van der Waals surface area contributed by atoms with Gasteiger partial charge in [0.1, 0.15) is 5.38 Å². The number of urea groups is 1. The van der Waals surface area contributed by atoms with Crippen molar-refractivity contribution in [1.29, 1.82) is 0 Å². The number of alkyl halides is 1. The quantitative estimate of drug-likeness (QED) is 0.767. The lowest BCUT2D eigenvalue weighted by Crippen LogP contribution is -2.56. The Bertz CT molecular complexity index is 403. The molecule has 0 aliphatic heterocycles. The molecule has 2 bridgehead atoms. The second kappa shape index (κ2) is 4.65. The summed E-state index contributed by atoms with van der Waals surface area (Å²) in [6.07, 6.45) is 3.54. The van der Waals surface area contributed by atoms with Gasteiger partial charge in [0.15, 0.2) is 0 Å². The van der Waals surface area contributed by atoms with E-state index in [-0.39, 0.29) is 16.9 Å². The van der Waals surface area contributed by atoms with E-state index < -0.39 is 17.3 Å². The summed E-state index contributed by atoms with van der Waals surface area (Å²) in [5.74, 6) is 0.204. The number of amides is 3. The first kappa shape index (κ1) is 14.6. The summed E-state index contributed by atoms with van der Waals surface area (Å²) in [5, 5.41) is 4.60. The Morgan fingerprint density at radius 2 is 1.95 bits per heavy atom. The van der Waals surface area contributed by atoms with Crippen LogP contribution in [0.3, 0.4) is 0 Å². The van der Waals surface area contributed by atoms with Crippen molar-refractivity contribution in [3.8, 4) is 0 Å². The Kier molecular flexibility index (Phi) is 3.58. The molecule has 0 spiro atoms. The molecule has 0 radical (unpaired) electrons. The third kappa shape index (κ3) is 2.47. The molecule has 0 heterocycles. The highest BCUT2D eigenvalue weighted by atomic mass is 35.5. The van der Waals surface area contributed by atoms with Crippen molar-refractivity contribution in [2.24, 2.45) is 16.7 Å². The molecule has 4 atom stereocenters. The van der Waals surface area contributed by atoms with Crippen LogP contribution in [0.4, 0.5) is 4.79 Å². The minimum Gasteiger partial charge on any atom is -0.334 e. The molecule has 4 nitrogen and oxygen atoms in total. The summed E-state index contributed by atoms with van der Waals surface area (Å²) in [5.41, 5.74) is 0.237. The van der Waals surface area contributed by atoms with Crippen molar-refractivity contribution >= 4 is 23.5 Å². The van der Waals surface area contributed by atoms with Gasteiger partial charge in [-0.15, -0.1) is 11.6 Å². The molecule has 0 aromatic carbocycles. The summed E-state index contributed by atoms with van der Waals surface area (Å²) >= 11 is 5.64. The molecule has 5 heteroatoms. The van der Waals surface area contributed by atoms with E-state index in [9.17, 15) is 9.59 Å². The number of halogens is 1. The third-order valence-corrected chi connectivity index (χ3v) is 5.34. The third-order valence-electron chi connectivity index (χ3n) is 5.14. The van der Waals surface area contributed by atoms with Crippen LogP contribution in [0.1, 0.15) is 47.0 Å². The van der Waals surface area contributed by atoms with Crippen LogP contribution in [0.2, 0.25) is 0 Å². The molecule has 0 aromatic heterocycles. The van der Waals surface area contributed by atoms with Crippen molar-refractivity contribution in [2.45, 2.75) is 58.4 Å². The van der Waals surface area contributed by atoms with E-state index >= 15 is 0 Å². The summed E-state index contributed by atoms with van der Waals surface area (Å²) < 4.78 is 0. The molecule has 108 valence electrons. The van der Waals surface area contributed by atoms with E-state index in [0.717, 1.165) is 12.8 Å². The van der Waals surface area contributed by atoms with Gasteiger partial charge in [-0.3, -0.25) is 10.1 Å². The molecule has 2 fully saturated rings. The zero-order valence-electron chi connectivity index (χ0n) is 12.0. The van der Waals surface area contributed by atoms with E-state index in [1.165, 1.54) is 6.42 Å². The monoisotopic (exact) mass is 286 g/mol. The molecule has 0 saturated heterocycles. The van der Waals surface area contributed by atoms with Gasteiger partial charge in [0.25, 0.3) is 0 Å². The second-order valence-corrected chi connectivity index (χ2v) is 7.58. The molecule has 2 N–H and O–H groups in total. The van der Waals surface area contributed by atoms with E-state index in [0.29, 0.717) is 5.92 Å². The van der Waals surface area contributed by atoms with Crippen molar-refractivity contribution in [2.75, 3.05) is 0 Å². The number of hydrogen-bond acceptors (Lipinski definition) is 2. The van der Waals surface area contributed by atoms with Crippen LogP contribution in [-0.2, 0) is 4.79 Å². The number of carbonyl (C=O) groups is 2. The van der Waals surface area contributed by atoms with Gasteiger partial charge in [0.05, 0.1) is 0 Å². The first-order valence-electron chi connectivity index (χ1n) is 6.92. The number of carbonyl (C=O) groups excluding carboxylic acids is 2. The summed E-state index contributed by atoms with van der Waals surface area (Å²) in [7, 11) is 0. The molecule has 2 rings (SSSR count). The maximum Gasteiger partial charge on any atom is 0.321 e. The highest BCUT2D eigenvalue weighted by molar-refractivity contribution is 6.31. The topological polar surface area (TPSA) is 58.2 Å². The fourth-order valence-corrected chi connectivity index (χ4v) is 4.10. The molecule has 19 heavy (non-hydrogen) atoms. The van der Waals surface area contributed by atoms with Gasteiger partial charge in [-0.25, -0.2) is 4.79 Å². The van der Waals surface area contributed by atoms with Crippen LogP contribution in [0.25, 0.3) is 0 Å². The molecule has 2 saturated carbocycles. The van der Waals surface area contributed by atoms with Crippen molar-refractivity contribution in [3.05, 3.63) is 0 Å². The van der Waals surface area contributed by atoms with Gasteiger partial charge in [-0.1, -0.05) is 20.8 Å². The van der Waals surface area contributed by atoms with Crippen LogP contribution < -0.4 is 10.6 Å². The first-order valence-corrected chi connectivity index (χ1v) is 7.36. The van der Waals surface area contributed by atoms with Crippen LogP contribution in [0.5, 0.6) is 0 Å². The smallest absolute Gasteiger partial charge is 0.321 e. The molecular formula is C14H23ClN2O2. The lowest BCUT2D eigenvalue weighted by molar-refractivity contribution is -0.119. The van der Waals surface area contributed by atoms with E-state index in [2.05, 4.69) is 31.4 Å². The highest BCUT2D eigenvalue weighted by Gasteiger charge is 2.59. The zero-order valence-corrected chi connectivity index (χ0v) is 12.8. The van der Waals surface area contributed by atoms with E-state index in [1.807, 2.05) is 0 Å². The fourth-order valence-electron chi connectivity index (χ4n) is 4.04. The Morgan fingerprint density at radius 1 is 1.32 bits per heavy atom. The Labute approximate surface area is 119 Å². The summed E-state index contributed by atoms with van der Waals surface area (Å²) in [6.45, 7) is 8.20. The Hall–Kier alpha value is -0.770. The average Bonchev–Trinajstić information content (AvgIpc) is 2.75. The largest absolute Gasteiger partial charge is 0.334 e. The molecule has 4 unspecified atom stereocenters. The van der Waals surface area contributed by atoms with E-state index in [1.54, 1.807) is 6.92 Å². The number of nitrogens with one attached hydrogen (secondary N) is 2. The van der Waals surface area contributed by atoms with Crippen LogP contribution in [-0.4, -0.2) is 23.4 Å². The van der Waals surface area contributed by atoms with Crippen LogP contribution in [0, 0.1) is 16.7 Å². The number of rotatable bonds is 2. The first-order chi connectivity index (χ1) is 8.67.